The number of esters is 1. The van der Waals surface area contributed by atoms with Gasteiger partial charge in [0.1, 0.15) is 0 Å². The van der Waals surface area contributed by atoms with Crippen molar-refractivity contribution in [1.82, 2.24) is 10.6 Å². The average Bonchev–Trinajstić information content (AvgIpc) is 2.72. The van der Waals surface area contributed by atoms with Crippen LogP contribution in [-0.4, -0.2) is 37.5 Å². The van der Waals surface area contributed by atoms with Crippen LogP contribution in [0.5, 0.6) is 0 Å². The van der Waals surface area contributed by atoms with E-state index in [1.807, 2.05) is 31.2 Å². The molecule has 1 aromatic carbocycles. The number of hydrogen-bond donors (Lipinski definition) is 2. The largest absolute Gasteiger partial charge is 0.456 e. The molecule has 6 heteroatoms. The monoisotopic (exact) mass is 426 g/mol. The highest BCUT2D eigenvalue weighted by molar-refractivity contribution is 5.84. The molecule has 4 aliphatic rings. The first kappa shape index (κ1) is 21.8. The molecule has 0 aromatic heterocycles. The predicted octanol–water partition coefficient (Wildman–Crippen LogP) is 2.92. The molecule has 0 unspecified atom stereocenters. The van der Waals surface area contributed by atoms with Crippen molar-refractivity contribution < 1.29 is 19.1 Å². The van der Waals surface area contributed by atoms with E-state index < -0.39 is 5.97 Å². The van der Waals surface area contributed by atoms with Gasteiger partial charge in [-0.05, 0) is 80.8 Å². The zero-order valence-electron chi connectivity index (χ0n) is 18.5. The number of rotatable bonds is 9. The van der Waals surface area contributed by atoms with Crippen LogP contribution in [0.15, 0.2) is 24.3 Å². The summed E-state index contributed by atoms with van der Waals surface area (Å²) in [5, 5.41) is 5.75. The molecular weight excluding hydrogens is 392 g/mol. The molecule has 0 atom stereocenters. The Morgan fingerprint density at radius 2 is 1.61 bits per heavy atom. The standard InChI is InChI=1S/C25H34N2O4/c1-17-4-2-3-5-21(17)6-8-26-22(28)16-31-23(29)7-9-27-24(30)25-13-18-10-19(14-25)12-20(11-18)15-25/h2-5,18-20H,6-16H2,1H3,(H,26,28)(H,27,30). The summed E-state index contributed by atoms with van der Waals surface area (Å²) in [6.45, 7) is 2.53. The summed E-state index contributed by atoms with van der Waals surface area (Å²) < 4.78 is 5.06. The van der Waals surface area contributed by atoms with Gasteiger partial charge in [-0.2, -0.15) is 0 Å². The van der Waals surface area contributed by atoms with E-state index in [0.717, 1.165) is 25.7 Å². The van der Waals surface area contributed by atoms with Gasteiger partial charge in [-0.1, -0.05) is 24.3 Å². The van der Waals surface area contributed by atoms with E-state index in [9.17, 15) is 14.4 Å². The normalized spacial score (nSPS) is 28.2. The van der Waals surface area contributed by atoms with E-state index >= 15 is 0 Å². The fraction of sp³-hybridized carbons (Fsp3) is 0.640. The second kappa shape index (κ2) is 9.41. The maximum Gasteiger partial charge on any atom is 0.308 e. The van der Waals surface area contributed by atoms with Crippen LogP contribution in [0, 0.1) is 30.1 Å². The minimum atomic E-state index is -0.458. The van der Waals surface area contributed by atoms with Crippen molar-refractivity contribution in [2.45, 2.75) is 58.3 Å². The van der Waals surface area contributed by atoms with E-state index in [2.05, 4.69) is 10.6 Å². The molecule has 168 valence electrons. The van der Waals surface area contributed by atoms with Gasteiger partial charge in [-0.15, -0.1) is 0 Å². The van der Waals surface area contributed by atoms with Gasteiger partial charge in [0.2, 0.25) is 5.91 Å². The maximum absolute atomic E-state index is 12.9. The van der Waals surface area contributed by atoms with Crippen LogP contribution < -0.4 is 10.6 Å². The molecule has 0 spiro atoms. The lowest BCUT2D eigenvalue weighted by Crippen LogP contribution is -2.53. The summed E-state index contributed by atoms with van der Waals surface area (Å²) in [5.41, 5.74) is 2.18. The Kier molecular flexibility index (Phi) is 6.63. The summed E-state index contributed by atoms with van der Waals surface area (Å²) in [7, 11) is 0. The lowest BCUT2D eigenvalue weighted by molar-refractivity contribution is -0.149. The van der Waals surface area contributed by atoms with Crippen molar-refractivity contribution in [3.8, 4) is 0 Å². The van der Waals surface area contributed by atoms with E-state index in [4.69, 9.17) is 4.74 Å². The molecule has 2 N–H and O–H groups in total. The molecule has 0 saturated heterocycles. The fourth-order valence-electron chi connectivity index (χ4n) is 6.35. The number of ether oxygens (including phenoxy) is 1. The number of carbonyl (C=O) groups is 3. The van der Waals surface area contributed by atoms with Crippen molar-refractivity contribution in [1.29, 1.82) is 0 Å². The SMILES string of the molecule is Cc1ccccc1CCNC(=O)COC(=O)CCNC(=O)C12CC3CC(CC(C3)C1)C2. The lowest BCUT2D eigenvalue weighted by atomic mass is 9.49. The zero-order valence-corrected chi connectivity index (χ0v) is 18.5. The van der Waals surface area contributed by atoms with Crippen LogP contribution in [0.25, 0.3) is 0 Å². The molecule has 2 amide bonds. The van der Waals surface area contributed by atoms with Gasteiger partial charge in [0.25, 0.3) is 5.91 Å². The first-order valence-corrected chi connectivity index (χ1v) is 11.7. The molecule has 5 rings (SSSR count). The van der Waals surface area contributed by atoms with Gasteiger partial charge in [0.05, 0.1) is 6.42 Å². The Morgan fingerprint density at radius 1 is 0.968 bits per heavy atom. The number of carbonyl (C=O) groups excluding carboxylic acids is 3. The maximum atomic E-state index is 12.9. The molecule has 0 aliphatic heterocycles. The Bertz CT molecular complexity index is 799. The van der Waals surface area contributed by atoms with Crippen LogP contribution in [0.1, 0.15) is 56.1 Å². The second-order valence-corrected chi connectivity index (χ2v) is 9.89. The molecule has 4 fully saturated rings. The van der Waals surface area contributed by atoms with Crippen LogP contribution >= 0.6 is 0 Å². The molecule has 6 nitrogen and oxygen atoms in total. The van der Waals surface area contributed by atoms with Crippen molar-refractivity contribution in [2.24, 2.45) is 23.2 Å². The molecule has 0 heterocycles. The van der Waals surface area contributed by atoms with Gasteiger partial charge >= 0.3 is 5.97 Å². The van der Waals surface area contributed by atoms with E-state index in [1.165, 1.54) is 30.4 Å². The molecule has 4 bridgehead atoms. The summed E-state index contributed by atoms with van der Waals surface area (Å²) >= 11 is 0. The highest BCUT2D eigenvalue weighted by Crippen LogP contribution is 2.60. The number of nitrogens with one attached hydrogen (secondary N) is 2. The number of aryl methyl sites for hydroxylation is 1. The fourth-order valence-corrected chi connectivity index (χ4v) is 6.35. The zero-order chi connectivity index (χ0) is 21.8. The van der Waals surface area contributed by atoms with Crippen LogP contribution in [-0.2, 0) is 25.5 Å². The minimum Gasteiger partial charge on any atom is -0.456 e. The van der Waals surface area contributed by atoms with Gasteiger partial charge < -0.3 is 15.4 Å². The van der Waals surface area contributed by atoms with E-state index in [1.54, 1.807) is 0 Å². The third kappa shape index (κ3) is 5.28. The smallest absolute Gasteiger partial charge is 0.308 e. The minimum absolute atomic E-state index is 0.0919. The second-order valence-electron chi connectivity index (χ2n) is 9.89. The number of amides is 2. The summed E-state index contributed by atoms with van der Waals surface area (Å²) in [6, 6.07) is 8.05. The van der Waals surface area contributed by atoms with Crippen molar-refractivity contribution in [3.05, 3.63) is 35.4 Å². The van der Waals surface area contributed by atoms with Crippen molar-refractivity contribution >= 4 is 17.8 Å². The molecule has 4 saturated carbocycles. The topological polar surface area (TPSA) is 84.5 Å². The molecular formula is C25H34N2O4. The van der Waals surface area contributed by atoms with E-state index in [0.29, 0.717) is 24.3 Å². The Hall–Kier alpha value is -2.37. The Balaban J connectivity index is 1.11. The molecule has 31 heavy (non-hydrogen) atoms. The van der Waals surface area contributed by atoms with Gasteiger partial charge in [-0.25, -0.2) is 0 Å². The average molecular weight is 427 g/mol. The molecule has 4 aliphatic carbocycles. The van der Waals surface area contributed by atoms with Crippen LogP contribution in [0.2, 0.25) is 0 Å². The summed E-state index contributed by atoms with van der Waals surface area (Å²) in [4.78, 5) is 36.7. The Morgan fingerprint density at radius 3 is 2.26 bits per heavy atom. The van der Waals surface area contributed by atoms with Gasteiger partial charge in [0, 0.05) is 18.5 Å². The predicted molar refractivity (Wildman–Crippen MR) is 117 cm³/mol. The first-order valence-electron chi connectivity index (χ1n) is 11.7. The summed E-state index contributed by atoms with van der Waals surface area (Å²) in [5.74, 6) is 1.50. The number of benzene rings is 1. The number of hydrogen-bond acceptors (Lipinski definition) is 4. The van der Waals surface area contributed by atoms with Crippen LogP contribution in [0.3, 0.4) is 0 Å². The molecule has 0 radical (unpaired) electrons. The van der Waals surface area contributed by atoms with Crippen molar-refractivity contribution in [3.63, 3.8) is 0 Å². The lowest BCUT2D eigenvalue weighted by Gasteiger charge is -2.55. The third-order valence-electron chi connectivity index (χ3n) is 7.48. The highest BCUT2D eigenvalue weighted by Gasteiger charge is 2.54. The van der Waals surface area contributed by atoms with Crippen molar-refractivity contribution in [2.75, 3.05) is 19.7 Å². The van der Waals surface area contributed by atoms with Gasteiger partial charge in [0.15, 0.2) is 6.61 Å². The van der Waals surface area contributed by atoms with E-state index in [-0.39, 0.29) is 36.8 Å². The Labute approximate surface area is 184 Å². The van der Waals surface area contributed by atoms with Gasteiger partial charge in [-0.3, -0.25) is 14.4 Å². The summed E-state index contributed by atoms with van der Waals surface area (Å²) in [6.07, 6.45) is 7.76. The highest BCUT2D eigenvalue weighted by atomic mass is 16.5. The third-order valence-corrected chi connectivity index (χ3v) is 7.48. The first-order chi connectivity index (χ1) is 14.9. The molecule has 1 aromatic rings. The van der Waals surface area contributed by atoms with Crippen LogP contribution in [0.4, 0.5) is 0 Å². The quantitative estimate of drug-likeness (QED) is 0.595.